The number of amides is 3. The van der Waals surface area contributed by atoms with E-state index >= 15 is 0 Å². The molecule has 0 atom stereocenters. The molecule has 1 saturated carbocycles. The second kappa shape index (κ2) is 5.07. The van der Waals surface area contributed by atoms with Gasteiger partial charge >= 0.3 is 12.0 Å². The standard InChI is InChI=1S/C14H22N2O4/c1-13(2,11(18)19)9-16-12(20)15-10(17)14(16)7-5-3-4-6-8-14/h3-9H2,1-2H3,(H,18,19)(H,15,17,20). The van der Waals surface area contributed by atoms with Gasteiger partial charge in [0.05, 0.1) is 5.41 Å². The summed E-state index contributed by atoms with van der Waals surface area (Å²) in [6.07, 6.45) is 5.15. The minimum Gasteiger partial charge on any atom is -0.481 e. The zero-order chi connectivity index (χ0) is 15.0. The normalized spacial score (nSPS) is 22.8. The number of carboxylic acids is 1. The van der Waals surface area contributed by atoms with Gasteiger partial charge in [0.25, 0.3) is 5.91 Å². The summed E-state index contributed by atoms with van der Waals surface area (Å²) in [5.74, 6) is -1.22. The minimum atomic E-state index is -1.07. The van der Waals surface area contributed by atoms with Crippen LogP contribution < -0.4 is 5.32 Å². The van der Waals surface area contributed by atoms with Gasteiger partial charge in [0.15, 0.2) is 0 Å². The van der Waals surface area contributed by atoms with Crippen molar-refractivity contribution in [1.29, 1.82) is 0 Å². The van der Waals surface area contributed by atoms with Gasteiger partial charge < -0.3 is 10.0 Å². The number of hydrogen-bond acceptors (Lipinski definition) is 3. The topological polar surface area (TPSA) is 86.7 Å². The fourth-order valence-corrected chi connectivity index (χ4v) is 3.09. The van der Waals surface area contributed by atoms with Crippen LogP contribution in [0.3, 0.4) is 0 Å². The largest absolute Gasteiger partial charge is 0.481 e. The molecule has 1 aliphatic carbocycles. The summed E-state index contributed by atoms with van der Waals surface area (Å²) >= 11 is 0. The molecule has 2 N–H and O–H groups in total. The highest BCUT2D eigenvalue weighted by molar-refractivity contribution is 6.07. The van der Waals surface area contributed by atoms with Crippen molar-refractivity contribution in [1.82, 2.24) is 10.2 Å². The number of carboxylic acid groups (broad SMARTS) is 1. The number of imide groups is 1. The van der Waals surface area contributed by atoms with E-state index in [0.29, 0.717) is 12.8 Å². The molecule has 2 aliphatic rings. The Bertz CT molecular complexity index is 436. The van der Waals surface area contributed by atoms with Crippen molar-refractivity contribution in [2.24, 2.45) is 5.41 Å². The quantitative estimate of drug-likeness (QED) is 0.772. The zero-order valence-electron chi connectivity index (χ0n) is 12.1. The average Bonchev–Trinajstić information content (AvgIpc) is 2.57. The summed E-state index contributed by atoms with van der Waals surface area (Å²) in [5, 5.41) is 11.6. The fraction of sp³-hybridized carbons (Fsp3) is 0.786. The second-order valence-electron chi connectivity index (χ2n) is 6.48. The van der Waals surface area contributed by atoms with Crippen LogP contribution in [0, 0.1) is 5.41 Å². The molecule has 20 heavy (non-hydrogen) atoms. The molecule has 112 valence electrons. The van der Waals surface area contributed by atoms with E-state index < -0.39 is 23.0 Å². The van der Waals surface area contributed by atoms with Crippen molar-refractivity contribution >= 4 is 17.9 Å². The molecule has 0 aromatic rings. The monoisotopic (exact) mass is 282 g/mol. The first-order chi connectivity index (χ1) is 9.29. The van der Waals surface area contributed by atoms with Crippen LogP contribution in [0.25, 0.3) is 0 Å². The third-order valence-corrected chi connectivity index (χ3v) is 4.47. The Labute approximate surface area is 118 Å². The Morgan fingerprint density at radius 3 is 2.30 bits per heavy atom. The van der Waals surface area contributed by atoms with Gasteiger partial charge in [0.2, 0.25) is 0 Å². The first-order valence-corrected chi connectivity index (χ1v) is 7.16. The Hall–Kier alpha value is -1.59. The van der Waals surface area contributed by atoms with Crippen LogP contribution in [0.5, 0.6) is 0 Å². The number of carbonyl (C=O) groups is 3. The Balaban J connectivity index is 2.30. The summed E-state index contributed by atoms with van der Waals surface area (Å²) in [4.78, 5) is 37.1. The van der Waals surface area contributed by atoms with Gasteiger partial charge in [0.1, 0.15) is 5.54 Å². The summed E-state index contributed by atoms with van der Waals surface area (Å²) in [6, 6.07) is -0.453. The maximum atomic E-state index is 12.3. The summed E-state index contributed by atoms with van der Waals surface area (Å²) < 4.78 is 0. The number of nitrogens with zero attached hydrogens (tertiary/aromatic N) is 1. The maximum Gasteiger partial charge on any atom is 0.325 e. The molecular weight excluding hydrogens is 260 g/mol. The molecule has 1 heterocycles. The molecule has 1 spiro atoms. The smallest absolute Gasteiger partial charge is 0.325 e. The predicted molar refractivity (Wildman–Crippen MR) is 72.1 cm³/mol. The number of aliphatic carboxylic acids is 1. The zero-order valence-corrected chi connectivity index (χ0v) is 12.1. The van der Waals surface area contributed by atoms with E-state index in [9.17, 15) is 19.5 Å². The van der Waals surface area contributed by atoms with Crippen molar-refractivity contribution in [2.75, 3.05) is 6.54 Å². The maximum absolute atomic E-state index is 12.3. The van der Waals surface area contributed by atoms with Crippen molar-refractivity contribution in [3.05, 3.63) is 0 Å². The van der Waals surface area contributed by atoms with Crippen molar-refractivity contribution in [3.63, 3.8) is 0 Å². The van der Waals surface area contributed by atoms with Gasteiger partial charge in [0, 0.05) is 6.54 Å². The number of urea groups is 1. The van der Waals surface area contributed by atoms with E-state index in [1.54, 1.807) is 13.8 Å². The molecule has 3 amide bonds. The minimum absolute atomic E-state index is 0.0555. The second-order valence-corrected chi connectivity index (χ2v) is 6.48. The lowest BCUT2D eigenvalue weighted by atomic mass is 9.85. The molecule has 1 saturated heterocycles. The van der Waals surface area contributed by atoms with Gasteiger partial charge in [-0.1, -0.05) is 25.7 Å². The average molecular weight is 282 g/mol. The lowest BCUT2D eigenvalue weighted by Gasteiger charge is -2.38. The van der Waals surface area contributed by atoms with E-state index in [0.717, 1.165) is 25.7 Å². The van der Waals surface area contributed by atoms with Gasteiger partial charge in [-0.3, -0.25) is 14.9 Å². The first-order valence-electron chi connectivity index (χ1n) is 7.16. The fourth-order valence-electron chi connectivity index (χ4n) is 3.09. The molecule has 0 unspecified atom stereocenters. The molecule has 6 heteroatoms. The van der Waals surface area contributed by atoms with E-state index in [-0.39, 0.29) is 12.5 Å². The summed E-state index contributed by atoms with van der Waals surface area (Å²) in [7, 11) is 0. The number of hydrogen-bond donors (Lipinski definition) is 2. The number of carbonyl (C=O) groups excluding carboxylic acids is 2. The highest BCUT2D eigenvalue weighted by Crippen LogP contribution is 2.38. The molecule has 0 aromatic carbocycles. The molecule has 2 fully saturated rings. The summed E-state index contributed by atoms with van der Waals surface area (Å²) in [6.45, 7) is 3.21. The van der Waals surface area contributed by atoms with Gasteiger partial charge in [-0.2, -0.15) is 0 Å². The molecule has 2 rings (SSSR count). The van der Waals surface area contributed by atoms with E-state index in [4.69, 9.17) is 0 Å². The predicted octanol–water partition coefficient (Wildman–Crippen LogP) is 1.74. The molecular formula is C14H22N2O4. The van der Waals surface area contributed by atoms with Gasteiger partial charge in [-0.25, -0.2) is 4.79 Å². The van der Waals surface area contributed by atoms with Crippen molar-refractivity contribution in [3.8, 4) is 0 Å². The Kier molecular flexibility index (Phi) is 3.75. The molecule has 6 nitrogen and oxygen atoms in total. The molecule has 0 radical (unpaired) electrons. The lowest BCUT2D eigenvalue weighted by molar-refractivity contribution is -0.148. The van der Waals surface area contributed by atoms with Crippen LogP contribution in [0.2, 0.25) is 0 Å². The van der Waals surface area contributed by atoms with E-state index in [2.05, 4.69) is 5.32 Å². The SMILES string of the molecule is CC(C)(CN1C(=O)NC(=O)C12CCCCCC2)C(=O)O. The van der Waals surface area contributed by atoms with Crippen molar-refractivity contribution < 1.29 is 19.5 Å². The van der Waals surface area contributed by atoms with E-state index in [1.165, 1.54) is 4.90 Å². The highest BCUT2D eigenvalue weighted by atomic mass is 16.4. The van der Waals surface area contributed by atoms with Crippen LogP contribution in [0.15, 0.2) is 0 Å². The third-order valence-electron chi connectivity index (χ3n) is 4.47. The Morgan fingerprint density at radius 1 is 1.25 bits per heavy atom. The van der Waals surface area contributed by atoms with Crippen LogP contribution >= 0.6 is 0 Å². The van der Waals surface area contributed by atoms with Gasteiger partial charge in [-0.05, 0) is 26.7 Å². The first kappa shape index (κ1) is 14.8. The van der Waals surface area contributed by atoms with Gasteiger partial charge in [-0.15, -0.1) is 0 Å². The summed E-state index contributed by atoms with van der Waals surface area (Å²) in [5.41, 5.74) is -1.90. The third kappa shape index (κ3) is 2.39. The van der Waals surface area contributed by atoms with Crippen LogP contribution in [0.1, 0.15) is 52.4 Å². The van der Waals surface area contributed by atoms with Crippen molar-refractivity contribution in [2.45, 2.75) is 57.9 Å². The van der Waals surface area contributed by atoms with Crippen LogP contribution in [-0.2, 0) is 9.59 Å². The molecule has 0 aromatic heterocycles. The number of nitrogens with one attached hydrogen (secondary N) is 1. The number of rotatable bonds is 3. The van der Waals surface area contributed by atoms with Crippen LogP contribution in [0.4, 0.5) is 4.79 Å². The highest BCUT2D eigenvalue weighted by Gasteiger charge is 2.54. The molecule has 1 aliphatic heterocycles. The van der Waals surface area contributed by atoms with Crippen LogP contribution in [-0.4, -0.2) is 40.0 Å². The lowest BCUT2D eigenvalue weighted by Crippen LogP contribution is -2.53. The van der Waals surface area contributed by atoms with E-state index in [1.807, 2.05) is 0 Å². The molecule has 0 bridgehead atoms. The Morgan fingerprint density at radius 2 is 1.80 bits per heavy atom.